The Labute approximate surface area is 458 Å². The zero-order valence-electron chi connectivity index (χ0n) is 44.5. The number of alkyl halides is 8. The number of amides is 4. The number of piperazine rings is 1. The van der Waals surface area contributed by atoms with Gasteiger partial charge in [-0.05, 0) is 82.9 Å². The zero-order valence-corrected chi connectivity index (χ0v) is 44.5. The van der Waals surface area contributed by atoms with Gasteiger partial charge >= 0.3 is 31.1 Å². The molecule has 3 saturated heterocycles. The number of carbonyl (C=O) groups excluding carboxylic acids is 4. The number of rotatable bonds is 19. The zero-order chi connectivity index (χ0) is 59.4. The predicted octanol–water partition coefficient (Wildman–Crippen LogP) is 6.01. The molecule has 0 aliphatic carbocycles. The highest BCUT2D eigenvalue weighted by Crippen LogP contribution is 2.42. The molecule has 2 bridgehead atoms. The Morgan fingerprint density at radius 2 is 1.31 bits per heavy atom. The third-order valence-corrected chi connectivity index (χ3v) is 14.6. The van der Waals surface area contributed by atoms with Gasteiger partial charge in [0.25, 0.3) is 5.91 Å². The van der Waals surface area contributed by atoms with Gasteiger partial charge in [-0.2, -0.15) is 40.2 Å². The number of aliphatic hydroxyl groups excluding tert-OH is 1. The average Bonchev–Trinajstić information content (AvgIpc) is 3.98. The summed E-state index contributed by atoms with van der Waals surface area (Å²) in [6.07, 6.45) is -9.90. The number of nitrogens with zero attached hydrogens (tertiary/aromatic N) is 7. The Morgan fingerprint density at radius 1 is 0.778 bits per heavy atom. The van der Waals surface area contributed by atoms with Gasteiger partial charge in [-0.1, -0.05) is 24.0 Å². The molecule has 5 N–H and O–H groups in total. The van der Waals surface area contributed by atoms with Crippen LogP contribution >= 0.6 is 0 Å². The van der Waals surface area contributed by atoms with Gasteiger partial charge in [-0.25, -0.2) is 38.0 Å². The molecule has 2 aromatic carbocycles. The first-order valence-corrected chi connectivity index (χ1v) is 25.2. The lowest BCUT2D eigenvalue weighted by molar-refractivity contribution is -0.221. The van der Waals surface area contributed by atoms with Crippen LogP contribution < -0.4 is 26.3 Å². The van der Waals surface area contributed by atoms with Crippen molar-refractivity contribution in [2.45, 2.75) is 115 Å². The average molecular weight is 1160 g/mol. The smallest absolute Gasteiger partial charge is 0.407 e. The van der Waals surface area contributed by atoms with Gasteiger partial charge in [-0.15, -0.1) is 0 Å². The molecule has 3 aliphatic rings. The molecule has 81 heavy (non-hydrogen) atoms. The van der Waals surface area contributed by atoms with E-state index in [1.54, 1.807) is 17.7 Å². The summed E-state index contributed by atoms with van der Waals surface area (Å²) in [4.78, 5) is 66.7. The van der Waals surface area contributed by atoms with Crippen LogP contribution in [0.25, 0.3) is 11.3 Å². The monoisotopic (exact) mass is 1160 g/mol. The SMILES string of the molecule is COC(=O)N[C@H](C(=O)N[C@@H](Cc1ccc(C#Cc2cnc(N3C[C@H]4CC[C@@H](C3)N4C3COC3)nc2)cc1)[C@@H](O)CN(Cc1c(F)cc(-c2ccn(C(F)F)n2)cc1F)NC(=O)[C@@H](NC(=O)OC)C(C)(C)C(F)(F)F)C(C)(C)C(F)(F)F. The van der Waals surface area contributed by atoms with Gasteiger partial charge in [0, 0.05) is 73.5 Å². The summed E-state index contributed by atoms with van der Waals surface area (Å²) in [7, 11) is 1.60. The van der Waals surface area contributed by atoms with Gasteiger partial charge < -0.3 is 40.2 Å². The number of aliphatic hydroxyl groups is 1. The minimum Gasteiger partial charge on any atom is -0.453 e. The minimum atomic E-state index is -5.23. The lowest BCUT2D eigenvalue weighted by Crippen LogP contribution is -2.63. The second-order valence-electron chi connectivity index (χ2n) is 20.8. The minimum absolute atomic E-state index is 0.197. The number of aromatic nitrogens is 4. The van der Waals surface area contributed by atoms with Gasteiger partial charge in [0.2, 0.25) is 11.9 Å². The molecular formula is C52H59F10N11O8. The highest BCUT2D eigenvalue weighted by molar-refractivity contribution is 5.87. The van der Waals surface area contributed by atoms with Crippen LogP contribution in [0.4, 0.5) is 59.4 Å². The summed E-state index contributed by atoms with van der Waals surface area (Å²) in [5, 5.41) is 22.1. The molecule has 2 aromatic heterocycles. The van der Waals surface area contributed by atoms with E-state index in [0.29, 0.717) is 80.0 Å². The normalized spacial score (nSPS) is 18.5. The number of anilines is 1. The quantitative estimate of drug-likeness (QED) is 0.0413. The molecule has 3 aliphatic heterocycles. The Hall–Kier alpha value is -7.29. The number of nitrogens with one attached hydrogen (secondary N) is 4. The Morgan fingerprint density at radius 3 is 1.79 bits per heavy atom. The third-order valence-electron chi connectivity index (χ3n) is 14.6. The first-order valence-electron chi connectivity index (χ1n) is 25.2. The summed E-state index contributed by atoms with van der Waals surface area (Å²) in [5.41, 5.74) is -4.59. The fraction of sp³-hybridized carbons (Fsp3) is 0.519. The molecular weight excluding hydrogens is 1100 g/mol. The summed E-state index contributed by atoms with van der Waals surface area (Å²) in [5.74, 6) is 0.416. The van der Waals surface area contributed by atoms with Crippen LogP contribution in [0.1, 0.15) is 69.3 Å². The van der Waals surface area contributed by atoms with Crippen LogP contribution in [0.2, 0.25) is 0 Å². The highest BCUT2D eigenvalue weighted by atomic mass is 19.4. The van der Waals surface area contributed by atoms with E-state index in [-0.39, 0.29) is 21.5 Å². The van der Waals surface area contributed by atoms with E-state index < -0.39 is 115 Å². The van der Waals surface area contributed by atoms with Crippen molar-refractivity contribution in [3.63, 3.8) is 0 Å². The fourth-order valence-corrected chi connectivity index (χ4v) is 9.56. The topological polar surface area (TPSA) is 218 Å². The molecule has 0 unspecified atom stereocenters. The molecule has 4 amide bonds. The van der Waals surface area contributed by atoms with E-state index >= 15 is 8.78 Å². The second-order valence-corrected chi connectivity index (χ2v) is 20.8. The number of hydrogen-bond donors (Lipinski definition) is 5. The number of hydrazine groups is 1. The lowest BCUT2D eigenvalue weighted by atomic mass is 9.82. The molecule has 0 saturated carbocycles. The van der Waals surface area contributed by atoms with Crippen molar-refractivity contribution in [1.82, 2.24) is 51.0 Å². The summed E-state index contributed by atoms with van der Waals surface area (Å²) in [6, 6.07) is 2.70. The van der Waals surface area contributed by atoms with Crippen molar-refractivity contribution in [2.24, 2.45) is 10.8 Å². The molecule has 0 radical (unpaired) electrons. The maximum absolute atomic E-state index is 16.0. The van der Waals surface area contributed by atoms with Gasteiger partial charge in [-0.3, -0.25) is 19.9 Å². The van der Waals surface area contributed by atoms with E-state index in [4.69, 9.17) is 4.74 Å². The maximum atomic E-state index is 16.0. The van der Waals surface area contributed by atoms with Crippen LogP contribution in [0.5, 0.6) is 0 Å². The summed E-state index contributed by atoms with van der Waals surface area (Å²) < 4.78 is 161. The van der Waals surface area contributed by atoms with Crippen LogP contribution in [-0.2, 0) is 36.8 Å². The van der Waals surface area contributed by atoms with Crippen LogP contribution in [0, 0.1) is 34.3 Å². The van der Waals surface area contributed by atoms with E-state index in [1.165, 1.54) is 24.3 Å². The second kappa shape index (κ2) is 24.8. The van der Waals surface area contributed by atoms with Crippen molar-refractivity contribution in [3.05, 3.63) is 94.9 Å². The largest absolute Gasteiger partial charge is 0.453 e. The predicted molar refractivity (Wildman–Crippen MR) is 267 cm³/mol. The summed E-state index contributed by atoms with van der Waals surface area (Å²) in [6.45, 7) is -0.141. The van der Waals surface area contributed by atoms with Gasteiger partial charge in [0.15, 0.2) is 0 Å². The molecule has 7 rings (SSSR count). The van der Waals surface area contributed by atoms with Crippen molar-refractivity contribution >= 4 is 29.9 Å². The number of benzene rings is 2. The number of halogens is 10. The van der Waals surface area contributed by atoms with E-state index in [1.807, 2.05) is 10.7 Å². The molecule has 440 valence electrons. The molecule has 4 aromatic rings. The number of carbonyl (C=O) groups is 4. The van der Waals surface area contributed by atoms with Crippen molar-refractivity contribution < 1.29 is 82.4 Å². The Kier molecular flexibility index (Phi) is 18.8. The Bertz CT molecular complexity index is 2910. The van der Waals surface area contributed by atoms with E-state index in [2.05, 4.69) is 51.5 Å². The van der Waals surface area contributed by atoms with Crippen LogP contribution in [-0.4, -0.2) is 161 Å². The van der Waals surface area contributed by atoms with Crippen molar-refractivity contribution in [2.75, 3.05) is 52.0 Å². The van der Waals surface area contributed by atoms with Gasteiger partial charge in [0.05, 0.1) is 67.7 Å². The molecule has 3 fully saturated rings. The molecule has 0 spiro atoms. The first-order chi connectivity index (χ1) is 38.0. The highest BCUT2D eigenvalue weighted by Gasteiger charge is 2.57. The lowest BCUT2D eigenvalue weighted by Gasteiger charge is -2.47. The summed E-state index contributed by atoms with van der Waals surface area (Å²) >= 11 is 0. The molecule has 5 heterocycles. The van der Waals surface area contributed by atoms with Gasteiger partial charge in [0.1, 0.15) is 23.7 Å². The van der Waals surface area contributed by atoms with Crippen molar-refractivity contribution in [3.8, 4) is 23.1 Å². The standard InChI is InChI=1S/C52H59F10N11O8/c1-49(2,51(57,58)59)41(66-47(77)79-5)43(75)65-39(17-29-10-7-28(8-11-29)9-12-30-20-63-46(64-21-30)70-22-32-13-14-33(23-70)73(32)34-26-81-27-34)40(74)25-71(69-44(76)42(67-48(78)80-6)50(3,4)52(60,61)62)24-35-36(53)18-31(19-37(35)54)38-15-16-72(68-38)45(55)56/h7-8,10-11,15-16,18-21,32-34,39-42,45,74H,13-14,17,22-27H2,1-6H3,(H,65,75)(H,66,77)(H,67,78)(H,69,76)/t32-,33+,39-,40-,41+,42+/m0/s1. The molecule has 29 heteroatoms. The van der Waals surface area contributed by atoms with E-state index in [9.17, 15) is 59.4 Å². The van der Waals surface area contributed by atoms with Crippen LogP contribution in [0.3, 0.4) is 0 Å². The van der Waals surface area contributed by atoms with Crippen molar-refractivity contribution in [1.29, 1.82) is 0 Å². The third kappa shape index (κ3) is 14.3. The maximum Gasteiger partial charge on any atom is 0.407 e. The molecule has 6 atom stereocenters. The fourth-order valence-electron chi connectivity index (χ4n) is 9.56. The number of ether oxygens (including phenoxy) is 3. The number of fused-ring (bicyclic) bond motifs is 2. The number of alkyl carbamates (subject to hydrolysis) is 2. The van der Waals surface area contributed by atoms with E-state index in [0.717, 1.165) is 65.6 Å². The Balaban J connectivity index is 1.18. The first kappa shape index (κ1) is 61.3. The molecule has 19 nitrogen and oxygen atoms in total. The number of methoxy groups -OCH3 is 2. The number of hydrogen-bond acceptors (Lipinski definition) is 14. The van der Waals surface area contributed by atoms with Crippen LogP contribution in [0.15, 0.2) is 61.1 Å².